The van der Waals surface area contributed by atoms with Gasteiger partial charge in [-0.05, 0) is 68.6 Å². The van der Waals surface area contributed by atoms with Gasteiger partial charge < -0.3 is 14.2 Å². The molecule has 0 amide bonds. The number of ether oxygens (including phenoxy) is 1. The highest BCUT2D eigenvalue weighted by Crippen LogP contribution is 2.32. The number of anilines is 1. The number of likely N-dealkylation sites (tertiary alicyclic amines) is 1. The van der Waals surface area contributed by atoms with Gasteiger partial charge in [-0.1, -0.05) is 23.4 Å². The number of para-hydroxylation sites is 1. The molecule has 3 aromatic rings. The number of benzene rings is 2. The molecule has 0 radical (unpaired) electrons. The number of piperazine rings is 1. The van der Waals surface area contributed by atoms with E-state index in [-0.39, 0.29) is 11.4 Å². The van der Waals surface area contributed by atoms with Crippen molar-refractivity contribution in [3.8, 4) is 5.75 Å². The third kappa shape index (κ3) is 4.51. The second-order valence-corrected chi connectivity index (χ2v) is 10.1. The number of piperidine rings is 1. The lowest BCUT2D eigenvalue weighted by Gasteiger charge is -2.46. The lowest BCUT2D eigenvalue weighted by Crippen LogP contribution is -2.57. The maximum atomic E-state index is 14.0. The Morgan fingerprint density at radius 3 is 2.79 bits per heavy atom. The minimum Gasteiger partial charge on any atom is -0.493 e. The summed E-state index contributed by atoms with van der Waals surface area (Å²) in [5.74, 6) is 1.96. The lowest BCUT2D eigenvalue weighted by atomic mass is 9.91. The van der Waals surface area contributed by atoms with Crippen LogP contribution in [0.15, 0.2) is 47.0 Å². The third-order valence-corrected chi connectivity index (χ3v) is 7.73. The topological polar surface area (TPSA) is 45.0 Å². The smallest absolute Gasteiger partial charge is 0.204 e. The maximum absolute atomic E-state index is 14.0. The summed E-state index contributed by atoms with van der Waals surface area (Å²) in [6, 6.07) is 14.2. The highest BCUT2D eigenvalue weighted by atomic mass is 19.1. The van der Waals surface area contributed by atoms with Crippen molar-refractivity contribution < 1.29 is 13.7 Å². The summed E-state index contributed by atoms with van der Waals surface area (Å²) in [4.78, 5) is 7.38. The van der Waals surface area contributed by atoms with Gasteiger partial charge in [0.2, 0.25) is 5.58 Å². The summed E-state index contributed by atoms with van der Waals surface area (Å²) in [6.45, 7) is 8.06. The lowest BCUT2D eigenvalue weighted by molar-refractivity contribution is 0.0726. The molecule has 3 aliphatic heterocycles. The SMILES string of the molecule is Fc1cccc2c(N3CCN4C[C@H](COc5cccc(CN6CCCC6)c5)CC[C@@H]4C3)noc12. The number of aromatic nitrogens is 1. The first-order valence-electron chi connectivity index (χ1n) is 12.7. The number of rotatable bonds is 6. The molecule has 6 nitrogen and oxygen atoms in total. The van der Waals surface area contributed by atoms with E-state index in [4.69, 9.17) is 9.26 Å². The molecule has 6 rings (SSSR count). The van der Waals surface area contributed by atoms with E-state index in [9.17, 15) is 4.39 Å². The fourth-order valence-electron chi connectivity index (χ4n) is 5.88. The van der Waals surface area contributed by atoms with Crippen molar-refractivity contribution in [3.05, 3.63) is 53.8 Å². The molecule has 4 heterocycles. The zero-order chi connectivity index (χ0) is 22.9. The average molecular weight is 465 g/mol. The Bertz CT molecular complexity index is 1130. The Morgan fingerprint density at radius 2 is 1.88 bits per heavy atom. The Labute approximate surface area is 200 Å². The predicted molar refractivity (Wildman–Crippen MR) is 131 cm³/mol. The van der Waals surface area contributed by atoms with E-state index in [1.807, 2.05) is 6.07 Å². The zero-order valence-corrected chi connectivity index (χ0v) is 19.7. The number of hydrogen-bond acceptors (Lipinski definition) is 6. The predicted octanol–water partition coefficient (Wildman–Crippen LogP) is 4.54. The summed E-state index contributed by atoms with van der Waals surface area (Å²) in [5, 5.41) is 4.97. The molecule has 3 fully saturated rings. The van der Waals surface area contributed by atoms with Crippen LogP contribution in [-0.4, -0.2) is 66.9 Å². The van der Waals surface area contributed by atoms with Crippen molar-refractivity contribution in [3.63, 3.8) is 0 Å². The van der Waals surface area contributed by atoms with Crippen LogP contribution in [0.1, 0.15) is 31.2 Å². The largest absolute Gasteiger partial charge is 0.493 e. The van der Waals surface area contributed by atoms with Crippen LogP contribution in [0.2, 0.25) is 0 Å². The molecule has 34 heavy (non-hydrogen) atoms. The minimum atomic E-state index is -0.350. The van der Waals surface area contributed by atoms with Crippen LogP contribution < -0.4 is 9.64 Å². The molecule has 0 N–H and O–H groups in total. The minimum absolute atomic E-state index is 0.255. The highest BCUT2D eigenvalue weighted by Gasteiger charge is 2.34. The Kier molecular flexibility index (Phi) is 6.14. The van der Waals surface area contributed by atoms with E-state index in [0.29, 0.717) is 12.0 Å². The van der Waals surface area contributed by atoms with Gasteiger partial charge in [0.1, 0.15) is 5.75 Å². The van der Waals surface area contributed by atoms with Gasteiger partial charge in [-0.2, -0.15) is 0 Å². The van der Waals surface area contributed by atoms with Crippen LogP contribution in [-0.2, 0) is 6.54 Å². The molecule has 0 spiro atoms. The normalized spacial score (nSPS) is 24.0. The van der Waals surface area contributed by atoms with Gasteiger partial charge in [0.05, 0.1) is 12.0 Å². The van der Waals surface area contributed by atoms with Crippen molar-refractivity contribution in [1.29, 1.82) is 0 Å². The number of halogens is 1. The van der Waals surface area contributed by atoms with E-state index in [1.54, 1.807) is 6.07 Å². The summed E-state index contributed by atoms with van der Waals surface area (Å²) >= 11 is 0. The first kappa shape index (κ1) is 21.9. The number of fused-ring (bicyclic) bond motifs is 2. The van der Waals surface area contributed by atoms with Crippen LogP contribution in [0.5, 0.6) is 5.75 Å². The quantitative estimate of drug-likeness (QED) is 0.534. The molecule has 180 valence electrons. The summed E-state index contributed by atoms with van der Waals surface area (Å²) in [7, 11) is 0. The van der Waals surface area contributed by atoms with E-state index < -0.39 is 0 Å². The molecule has 0 saturated carbocycles. The van der Waals surface area contributed by atoms with Gasteiger partial charge in [-0.25, -0.2) is 4.39 Å². The molecular formula is C27H33FN4O2. The molecular weight excluding hydrogens is 431 g/mol. The Morgan fingerprint density at radius 1 is 1.00 bits per heavy atom. The molecule has 3 saturated heterocycles. The molecule has 0 bridgehead atoms. The van der Waals surface area contributed by atoms with Crippen LogP contribution in [0.4, 0.5) is 10.2 Å². The summed E-state index contributed by atoms with van der Waals surface area (Å²) in [5.41, 5.74) is 1.60. The van der Waals surface area contributed by atoms with E-state index in [0.717, 1.165) is 69.1 Å². The van der Waals surface area contributed by atoms with Crippen LogP contribution in [0.25, 0.3) is 11.0 Å². The molecule has 2 atom stereocenters. The first-order valence-corrected chi connectivity index (χ1v) is 12.7. The monoisotopic (exact) mass is 464 g/mol. The second-order valence-electron chi connectivity index (χ2n) is 10.1. The molecule has 7 heteroatoms. The number of nitrogens with zero attached hydrogens (tertiary/aromatic N) is 4. The van der Waals surface area contributed by atoms with Gasteiger partial charge in [0.25, 0.3) is 0 Å². The Balaban J connectivity index is 1.03. The highest BCUT2D eigenvalue weighted by molar-refractivity contribution is 5.88. The average Bonchev–Trinajstić information content (AvgIpc) is 3.53. The van der Waals surface area contributed by atoms with Crippen molar-refractivity contribution >= 4 is 16.8 Å². The molecule has 0 aliphatic carbocycles. The third-order valence-electron chi connectivity index (χ3n) is 7.73. The fraction of sp³-hybridized carbons (Fsp3) is 0.519. The van der Waals surface area contributed by atoms with Crippen molar-refractivity contribution in [1.82, 2.24) is 15.0 Å². The first-order chi connectivity index (χ1) is 16.7. The fourth-order valence-corrected chi connectivity index (χ4v) is 5.88. The summed E-state index contributed by atoms with van der Waals surface area (Å²) < 4.78 is 25.6. The van der Waals surface area contributed by atoms with Gasteiger partial charge in [0.15, 0.2) is 11.6 Å². The molecule has 1 aromatic heterocycles. The molecule has 0 unspecified atom stereocenters. The van der Waals surface area contributed by atoms with E-state index >= 15 is 0 Å². The van der Waals surface area contributed by atoms with E-state index in [2.05, 4.69) is 44.1 Å². The van der Waals surface area contributed by atoms with Crippen molar-refractivity contribution in [2.24, 2.45) is 5.92 Å². The van der Waals surface area contributed by atoms with Crippen molar-refractivity contribution in [2.45, 2.75) is 38.3 Å². The standard InChI is InChI=1S/C27H33FN4O2/c28-25-8-4-7-24-26(25)34-29-27(24)32-14-13-31-17-21(9-10-22(31)18-32)19-33-23-6-3-5-20(15-23)16-30-11-1-2-12-30/h3-8,15,21-22H,1-2,9-14,16-19H2/t21-,22-/m1/s1. The zero-order valence-electron chi connectivity index (χ0n) is 19.7. The van der Waals surface area contributed by atoms with Crippen molar-refractivity contribution in [2.75, 3.05) is 50.8 Å². The maximum Gasteiger partial charge on any atom is 0.204 e. The van der Waals surface area contributed by atoms with Gasteiger partial charge in [-0.3, -0.25) is 9.80 Å². The van der Waals surface area contributed by atoms with Crippen LogP contribution in [0, 0.1) is 11.7 Å². The van der Waals surface area contributed by atoms with Gasteiger partial charge in [0, 0.05) is 44.7 Å². The van der Waals surface area contributed by atoms with Gasteiger partial charge >= 0.3 is 0 Å². The van der Waals surface area contributed by atoms with Crippen LogP contribution >= 0.6 is 0 Å². The Hall–Kier alpha value is -2.64. The molecule has 3 aliphatic rings. The van der Waals surface area contributed by atoms with Crippen LogP contribution in [0.3, 0.4) is 0 Å². The number of hydrogen-bond donors (Lipinski definition) is 0. The second kappa shape index (κ2) is 9.55. The van der Waals surface area contributed by atoms with E-state index in [1.165, 1.54) is 37.6 Å². The molecule has 2 aromatic carbocycles. The van der Waals surface area contributed by atoms with Gasteiger partial charge in [-0.15, -0.1) is 0 Å². The summed E-state index contributed by atoms with van der Waals surface area (Å²) in [6.07, 6.45) is 4.95.